The van der Waals surface area contributed by atoms with Crippen molar-refractivity contribution in [1.29, 1.82) is 0 Å². The molecular formula is C24H18Cl2N2OS. The van der Waals surface area contributed by atoms with Gasteiger partial charge in [0.25, 0.3) is 5.91 Å². The summed E-state index contributed by atoms with van der Waals surface area (Å²) in [5.41, 5.74) is 4.44. The van der Waals surface area contributed by atoms with E-state index in [2.05, 4.69) is 0 Å². The zero-order valence-corrected chi connectivity index (χ0v) is 18.7. The van der Waals surface area contributed by atoms with Crippen molar-refractivity contribution < 1.29 is 4.79 Å². The van der Waals surface area contributed by atoms with Gasteiger partial charge in [-0.25, -0.2) is 4.99 Å². The number of hydrogen-bond donors (Lipinski definition) is 0. The van der Waals surface area contributed by atoms with Gasteiger partial charge in [0.1, 0.15) is 0 Å². The molecule has 0 aromatic heterocycles. The SMILES string of the molecule is Cc1cccc(N=C2SC(=Cc3cccc(Cl)c3Cl)C(=O)N2c2cccc(C)c2)c1. The smallest absolute Gasteiger partial charge is 0.268 e. The van der Waals surface area contributed by atoms with E-state index in [9.17, 15) is 4.79 Å². The van der Waals surface area contributed by atoms with Gasteiger partial charge in [-0.2, -0.15) is 0 Å². The van der Waals surface area contributed by atoms with E-state index >= 15 is 0 Å². The summed E-state index contributed by atoms with van der Waals surface area (Å²) in [4.78, 5) is 20.3. The van der Waals surface area contributed by atoms with E-state index < -0.39 is 0 Å². The van der Waals surface area contributed by atoms with Crippen LogP contribution in [-0.2, 0) is 4.79 Å². The Morgan fingerprint density at radius 2 is 1.63 bits per heavy atom. The number of nitrogens with zero attached hydrogens (tertiary/aromatic N) is 2. The second-order valence-corrected chi connectivity index (χ2v) is 8.76. The molecule has 6 heteroatoms. The molecule has 1 amide bonds. The molecule has 1 aliphatic rings. The molecule has 0 spiro atoms. The maximum absolute atomic E-state index is 13.4. The third-order valence-electron chi connectivity index (χ3n) is 4.56. The Morgan fingerprint density at radius 1 is 0.933 bits per heavy atom. The molecule has 1 fully saturated rings. The molecular weight excluding hydrogens is 435 g/mol. The third-order valence-corrected chi connectivity index (χ3v) is 6.36. The molecule has 1 aliphatic heterocycles. The molecule has 3 aromatic carbocycles. The van der Waals surface area contributed by atoms with E-state index in [0.29, 0.717) is 25.7 Å². The average molecular weight is 453 g/mol. The molecule has 0 N–H and O–H groups in total. The molecule has 150 valence electrons. The minimum Gasteiger partial charge on any atom is -0.268 e. The zero-order valence-electron chi connectivity index (χ0n) is 16.4. The molecule has 3 aromatic rings. The van der Waals surface area contributed by atoms with Gasteiger partial charge >= 0.3 is 0 Å². The van der Waals surface area contributed by atoms with Crippen molar-refractivity contribution in [2.45, 2.75) is 13.8 Å². The number of benzene rings is 3. The van der Waals surface area contributed by atoms with Crippen LogP contribution in [0.25, 0.3) is 6.08 Å². The first-order chi connectivity index (χ1) is 14.4. The molecule has 1 saturated heterocycles. The van der Waals surface area contributed by atoms with Crippen LogP contribution in [0.1, 0.15) is 16.7 Å². The highest BCUT2D eigenvalue weighted by atomic mass is 35.5. The molecule has 0 unspecified atom stereocenters. The number of carbonyl (C=O) groups excluding carboxylic acids is 1. The van der Waals surface area contributed by atoms with E-state index in [-0.39, 0.29) is 5.91 Å². The molecule has 4 rings (SSSR count). The summed E-state index contributed by atoms with van der Waals surface area (Å²) < 4.78 is 0. The highest BCUT2D eigenvalue weighted by molar-refractivity contribution is 8.19. The first-order valence-electron chi connectivity index (χ1n) is 9.32. The number of amides is 1. The summed E-state index contributed by atoms with van der Waals surface area (Å²) in [7, 11) is 0. The Morgan fingerprint density at radius 3 is 2.37 bits per heavy atom. The maximum atomic E-state index is 13.4. The van der Waals surface area contributed by atoms with E-state index in [4.69, 9.17) is 28.2 Å². The van der Waals surface area contributed by atoms with Crippen LogP contribution >= 0.6 is 35.0 Å². The molecule has 0 saturated carbocycles. The Bertz CT molecular complexity index is 1200. The fraction of sp³-hybridized carbons (Fsp3) is 0.0833. The summed E-state index contributed by atoms with van der Waals surface area (Å²) in [6.07, 6.45) is 1.77. The largest absolute Gasteiger partial charge is 0.271 e. The molecule has 0 atom stereocenters. The molecule has 0 bridgehead atoms. The number of carbonyl (C=O) groups is 1. The normalized spacial score (nSPS) is 16.7. The van der Waals surface area contributed by atoms with Gasteiger partial charge in [-0.05, 0) is 78.7 Å². The summed E-state index contributed by atoms with van der Waals surface area (Å²) >= 11 is 13.8. The topological polar surface area (TPSA) is 32.7 Å². The lowest BCUT2D eigenvalue weighted by atomic mass is 10.2. The lowest BCUT2D eigenvalue weighted by molar-refractivity contribution is -0.113. The van der Waals surface area contributed by atoms with Gasteiger partial charge in [0.15, 0.2) is 5.17 Å². The summed E-state index contributed by atoms with van der Waals surface area (Å²) in [6, 6.07) is 21.1. The molecule has 0 aliphatic carbocycles. The summed E-state index contributed by atoms with van der Waals surface area (Å²) in [5, 5.41) is 1.47. The lowest BCUT2D eigenvalue weighted by Crippen LogP contribution is -2.28. The number of amidine groups is 1. The molecule has 1 heterocycles. The van der Waals surface area contributed by atoms with Crippen LogP contribution in [-0.4, -0.2) is 11.1 Å². The zero-order chi connectivity index (χ0) is 21.3. The molecule has 3 nitrogen and oxygen atoms in total. The minimum atomic E-state index is -0.145. The van der Waals surface area contributed by atoms with Crippen LogP contribution in [0.5, 0.6) is 0 Å². The van der Waals surface area contributed by atoms with Crippen molar-refractivity contribution in [2.75, 3.05) is 4.90 Å². The summed E-state index contributed by atoms with van der Waals surface area (Å²) in [6.45, 7) is 4.01. The highest BCUT2D eigenvalue weighted by Gasteiger charge is 2.35. The van der Waals surface area contributed by atoms with Gasteiger partial charge in [0, 0.05) is 0 Å². The quantitative estimate of drug-likeness (QED) is 0.387. The van der Waals surface area contributed by atoms with Crippen molar-refractivity contribution in [3.8, 4) is 0 Å². The summed E-state index contributed by atoms with van der Waals surface area (Å²) in [5.74, 6) is -0.145. The Hall–Kier alpha value is -2.53. The number of halogens is 2. The first kappa shape index (κ1) is 20.7. The van der Waals surface area contributed by atoms with Gasteiger partial charge in [-0.15, -0.1) is 0 Å². The van der Waals surface area contributed by atoms with Crippen molar-refractivity contribution in [3.63, 3.8) is 0 Å². The van der Waals surface area contributed by atoms with Gasteiger partial charge in [-0.1, -0.05) is 59.6 Å². The monoisotopic (exact) mass is 452 g/mol. The minimum absolute atomic E-state index is 0.145. The van der Waals surface area contributed by atoms with E-state index in [0.717, 1.165) is 22.5 Å². The van der Waals surface area contributed by atoms with Gasteiger partial charge in [0.2, 0.25) is 0 Å². The van der Waals surface area contributed by atoms with Crippen molar-refractivity contribution in [3.05, 3.63) is 98.4 Å². The number of hydrogen-bond acceptors (Lipinski definition) is 3. The predicted octanol–water partition coefficient (Wildman–Crippen LogP) is 7.42. The second-order valence-electron chi connectivity index (χ2n) is 6.97. The molecule has 0 radical (unpaired) electrons. The van der Waals surface area contributed by atoms with E-state index in [1.54, 1.807) is 17.0 Å². The van der Waals surface area contributed by atoms with Gasteiger partial charge < -0.3 is 0 Å². The van der Waals surface area contributed by atoms with Crippen LogP contribution in [0.2, 0.25) is 10.0 Å². The van der Waals surface area contributed by atoms with Crippen molar-refractivity contribution in [2.24, 2.45) is 4.99 Å². The Labute approximate surface area is 190 Å². The van der Waals surface area contributed by atoms with Crippen LogP contribution in [0.15, 0.2) is 76.6 Å². The molecule has 30 heavy (non-hydrogen) atoms. The number of anilines is 1. The second kappa shape index (κ2) is 8.68. The number of aryl methyl sites for hydroxylation is 2. The van der Waals surface area contributed by atoms with Crippen LogP contribution in [0, 0.1) is 13.8 Å². The first-order valence-corrected chi connectivity index (χ1v) is 10.9. The van der Waals surface area contributed by atoms with E-state index in [1.807, 2.05) is 74.5 Å². The lowest BCUT2D eigenvalue weighted by Gasteiger charge is -2.16. The Balaban J connectivity index is 1.82. The number of thioether (sulfide) groups is 1. The van der Waals surface area contributed by atoms with Crippen molar-refractivity contribution in [1.82, 2.24) is 0 Å². The fourth-order valence-electron chi connectivity index (χ4n) is 3.12. The van der Waals surface area contributed by atoms with Gasteiger partial charge in [0.05, 0.1) is 26.3 Å². The maximum Gasteiger partial charge on any atom is 0.271 e. The van der Waals surface area contributed by atoms with Gasteiger partial charge in [-0.3, -0.25) is 9.69 Å². The predicted molar refractivity (Wildman–Crippen MR) is 129 cm³/mol. The third kappa shape index (κ3) is 4.31. The van der Waals surface area contributed by atoms with Crippen LogP contribution in [0.4, 0.5) is 11.4 Å². The van der Waals surface area contributed by atoms with E-state index in [1.165, 1.54) is 11.8 Å². The average Bonchev–Trinajstić information content (AvgIpc) is 3.00. The fourth-order valence-corrected chi connectivity index (χ4v) is 4.48. The number of rotatable bonds is 3. The van der Waals surface area contributed by atoms with Crippen LogP contribution < -0.4 is 4.90 Å². The standard InChI is InChI=1S/C24H18Cl2N2OS/c1-15-6-3-9-18(12-15)27-24-28(19-10-4-7-16(2)13-19)23(29)21(30-24)14-17-8-5-11-20(25)22(17)26/h3-14H,1-2H3. The Kier molecular flexibility index (Phi) is 6.00. The number of aliphatic imine (C=N–C) groups is 1. The van der Waals surface area contributed by atoms with Crippen LogP contribution in [0.3, 0.4) is 0 Å². The highest BCUT2D eigenvalue weighted by Crippen LogP contribution is 2.39. The van der Waals surface area contributed by atoms with Crippen molar-refractivity contribution >= 4 is 63.5 Å².